The van der Waals surface area contributed by atoms with Crippen LogP contribution in [0.2, 0.25) is 0 Å². The van der Waals surface area contributed by atoms with Crippen LogP contribution in [0.15, 0.2) is 24.3 Å². The van der Waals surface area contributed by atoms with Gasteiger partial charge in [-0.05, 0) is 37.5 Å². The Morgan fingerprint density at radius 2 is 1.97 bits per heavy atom. The number of aromatic nitrogens is 1. The molecule has 0 aliphatic carbocycles. The Kier molecular flexibility index (Phi) is 6.06. The van der Waals surface area contributed by atoms with Crippen molar-refractivity contribution >= 4 is 23.4 Å². The fourth-order valence-corrected chi connectivity index (χ4v) is 5.55. The minimum Gasteiger partial charge on any atom is -0.465 e. The number of hydrogen-bond donors (Lipinski definition) is 0. The van der Waals surface area contributed by atoms with Crippen molar-refractivity contribution in [1.29, 1.82) is 0 Å². The van der Waals surface area contributed by atoms with Crippen LogP contribution in [0.4, 0.5) is 4.79 Å². The molecule has 8 heteroatoms. The van der Waals surface area contributed by atoms with Crippen LogP contribution in [0.25, 0.3) is 0 Å². The summed E-state index contributed by atoms with van der Waals surface area (Å²) in [5, 5.41) is 1.06. The van der Waals surface area contributed by atoms with Gasteiger partial charge in [-0.2, -0.15) is 0 Å². The summed E-state index contributed by atoms with van der Waals surface area (Å²) in [6, 6.07) is 7.63. The Bertz CT molecular complexity index is 918. The second-order valence-electron chi connectivity index (χ2n) is 7.52. The van der Waals surface area contributed by atoms with Gasteiger partial charge < -0.3 is 19.1 Å². The van der Waals surface area contributed by atoms with Crippen LogP contribution >= 0.6 is 11.3 Å². The topological polar surface area (TPSA) is 78.0 Å². The highest BCUT2D eigenvalue weighted by molar-refractivity contribution is 7.12. The average Bonchev–Trinajstić information content (AvgIpc) is 3.23. The second kappa shape index (κ2) is 8.73. The summed E-state index contributed by atoms with van der Waals surface area (Å²) in [5.74, 6) is -0.341. The molecule has 1 aromatic carbocycles. The first-order valence-electron chi connectivity index (χ1n) is 10.2. The number of nitrogens with zero attached hydrogens (tertiary/aromatic N) is 2. The van der Waals surface area contributed by atoms with Crippen molar-refractivity contribution < 1.29 is 23.8 Å². The second-order valence-corrected chi connectivity index (χ2v) is 8.61. The number of carbonyl (C=O) groups is 2. The van der Waals surface area contributed by atoms with Gasteiger partial charge in [0, 0.05) is 31.1 Å². The summed E-state index contributed by atoms with van der Waals surface area (Å²) in [6.07, 6.45) is 2.13. The first kappa shape index (κ1) is 20.8. The van der Waals surface area contributed by atoms with Gasteiger partial charge in [-0.1, -0.05) is 12.1 Å². The fraction of sp³-hybridized carbons (Fsp3) is 0.500. The molecule has 7 nitrogen and oxygen atoms in total. The molecule has 1 fully saturated rings. The highest BCUT2D eigenvalue weighted by Gasteiger charge is 2.40. The Labute approximate surface area is 180 Å². The fourth-order valence-electron chi connectivity index (χ4n) is 4.16. The predicted octanol–water partition coefficient (Wildman–Crippen LogP) is 3.54. The first-order chi connectivity index (χ1) is 14.6. The molecule has 0 spiro atoms. The van der Waals surface area contributed by atoms with Crippen LogP contribution in [0.1, 0.15) is 51.3 Å². The van der Waals surface area contributed by atoms with E-state index in [0.717, 1.165) is 40.4 Å². The first-order valence-corrected chi connectivity index (χ1v) is 11.1. The molecule has 2 aliphatic rings. The van der Waals surface area contributed by atoms with Crippen LogP contribution in [0.3, 0.4) is 0 Å². The van der Waals surface area contributed by atoms with Gasteiger partial charge in [0.15, 0.2) is 0 Å². The molecule has 2 aromatic rings. The lowest BCUT2D eigenvalue weighted by atomic mass is 9.74. The summed E-state index contributed by atoms with van der Waals surface area (Å²) < 4.78 is 15.6. The number of methoxy groups -OCH3 is 1. The van der Waals surface area contributed by atoms with E-state index in [1.165, 1.54) is 7.11 Å². The SMILES string of the molecule is CCOC(=O)N1CCc2nc(C3(c4ccc(C(=O)OC)cc4)CCOCC3)sc2C1. The number of thiazole rings is 1. The quantitative estimate of drug-likeness (QED) is 0.691. The Balaban J connectivity index is 1.66. The standard InChI is InChI=1S/C22H26N2O5S/c1-3-29-21(26)24-11-8-17-18(14-24)30-20(23-17)22(9-12-28-13-10-22)16-6-4-15(5-7-16)19(25)27-2/h4-7H,3,8-14H2,1-2H3. The highest BCUT2D eigenvalue weighted by Crippen LogP contribution is 2.44. The maximum atomic E-state index is 12.1. The molecule has 4 rings (SSSR count). The van der Waals surface area contributed by atoms with E-state index in [4.69, 9.17) is 19.2 Å². The van der Waals surface area contributed by atoms with E-state index in [0.29, 0.717) is 38.5 Å². The van der Waals surface area contributed by atoms with E-state index in [2.05, 4.69) is 0 Å². The van der Waals surface area contributed by atoms with E-state index < -0.39 is 0 Å². The third-order valence-electron chi connectivity index (χ3n) is 5.87. The molecule has 1 saturated heterocycles. The molecule has 0 saturated carbocycles. The number of ether oxygens (including phenoxy) is 3. The van der Waals surface area contributed by atoms with E-state index in [-0.39, 0.29) is 17.5 Å². The van der Waals surface area contributed by atoms with Crippen LogP contribution < -0.4 is 0 Å². The summed E-state index contributed by atoms with van der Waals surface area (Å²) in [7, 11) is 1.38. The molecule has 3 heterocycles. The summed E-state index contributed by atoms with van der Waals surface area (Å²) in [5.41, 5.74) is 2.50. The van der Waals surface area contributed by atoms with Gasteiger partial charge in [0.2, 0.25) is 0 Å². The molecular weight excluding hydrogens is 404 g/mol. The lowest BCUT2D eigenvalue weighted by Gasteiger charge is -2.36. The number of hydrogen-bond acceptors (Lipinski definition) is 7. The third kappa shape index (κ3) is 3.81. The Morgan fingerprint density at radius 3 is 2.63 bits per heavy atom. The third-order valence-corrected chi connectivity index (χ3v) is 7.16. The number of carbonyl (C=O) groups excluding carboxylic acids is 2. The Hall–Kier alpha value is -2.45. The maximum Gasteiger partial charge on any atom is 0.410 e. The molecule has 0 bridgehead atoms. The van der Waals surface area contributed by atoms with Gasteiger partial charge in [-0.15, -0.1) is 11.3 Å². The van der Waals surface area contributed by atoms with E-state index in [9.17, 15) is 9.59 Å². The van der Waals surface area contributed by atoms with Gasteiger partial charge >= 0.3 is 12.1 Å². The molecule has 0 unspecified atom stereocenters. The van der Waals surface area contributed by atoms with Crippen molar-refractivity contribution in [1.82, 2.24) is 9.88 Å². The number of fused-ring (bicyclic) bond motifs is 1. The molecule has 1 aromatic heterocycles. The predicted molar refractivity (Wildman–Crippen MR) is 112 cm³/mol. The van der Waals surface area contributed by atoms with E-state index in [1.54, 1.807) is 16.2 Å². The monoisotopic (exact) mass is 430 g/mol. The van der Waals surface area contributed by atoms with Gasteiger partial charge in [0.1, 0.15) is 5.01 Å². The molecule has 2 aliphatic heterocycles. The van der Waals surface area contributed by atoms with Gasteiger partial charge in [0.25, 0.3) is 0 Å². The highest BCUT2D eigenvalue weighted by atomic mass is 32.1. The van der Waals surface area contributed by atoms with Crippen LogP contribution in [0.5, 0.6) is 0 Å². The van der Waals surface area contributed by atoms with Crippen LogP contribution in [-0.2, 0) is 32.6 Å². The molecular formula is C22H26N2O5S. The largest absolute Gasteiger partial charge is 0.465 e. The van der Waals surface area contributed by atoms with Crippen molar-refractivity contribution in [2.45, 2.75) is 38.1 Å². The van der Waals surface area contributed by atoms with Crippen molar-refractivity contribution in [2.75, 3.05) is 33.5 Å². The molecule has 160 valence electrons. The summed E-state index contributed by atoms with van der Waals surface area (Å²) in [4.78, 5) is 31.9. The van der Waals surface area contributed by atoms with Crippen molar-refractivity contribution in [3.63, 3.8) is 0 Å². The summed E-state index contributed by atoms with van der Waals surface area (Å²) >= 11 is 1.68. The summed E-state index contributed by atoms with van der Waals surface area (Å²) in [6.45, 7) is 4.69. The molecule has 0 N–H and O–H groups in total. The van der Waals surface area contributed by atoms with Gasteiger partial charge in [0.05, 0.1) is 36.9 Å². The number of esters is 1. The van der Waals surface area contributed by atoms with E-state index in [1.807, 2.05) is 31.2 Å². The molecule has 0 radical (unpaired) electrons. The molecule has 30 heavy (non-hydrogen) atoms. The molecule has 0 atom stereocenters. The number of rotatable bonds is 4. The zero-order valence-electron chi connectivity index (χ0n) is 17.3. The lowest BCUT2D eigenvalue weighted by Crippen LogP contribution is -2.36. The lowest BCUT2D eigenvalue weighted by molar-refractivity contribution is 0.0597. The van der Waals surface area contributed by atoms with Gasteiger partial charge in [-0.3, -0.25) is 0 Å². The van der Waals surface area contributed by atoms with Crippen molar-refractivity contribution in [2.24, 2.45) is 0 Å². The maximum absolute atomic E-state index is 12.1. The smallest absolute Gasteiger partial charge is 0.410 e. The normalized spacial score (nSPS) is 17.9. The van der Waals surface area contributed by atoms with Crippen LogP contribution in [-0.4, -0.2) is 55.4 Å². The zero-order valence-corrected chi connectivity index (χ0v) is 18.1. The zero-order chi connectivity index (χ0) is 21.1. The van der Waals surface area contributed by atoms with Crippen molar-refractivity contribution in [3.8, 4) is 0 Å². The minimum absolute atomic E-state index is 0.246. The molecule has 1 amide bonds. The minimum atomic E-state index is -0.341. The van der Waals surface area contributed by atoms with Crippen LogP contribution in [0, 0.1) is 0 Å². The van der Waals surface area contributed by atoms with Gasteiger partial charge in [-0.25, -0.2) is 14.6 Å². The van der Waals surface area contributed by atoms with E-state index >= 15 is 0 Å². The number of benzene rings is 1. The average molecular weight is 431 g/mol. The van der Waals surface area contributed by atoms with Crippen molar-refractivity contribution in [3.05, 3.63) is 51.0 Å². The number of amides is 1. The Morgan fingerprint density at radius 1 is 1.23 bits per heavy atom.